The van der Waals surface area contributed by atoms with E-state index in [1.165, 1.54) is 26.2 Å². The van der Waals surface area contributed by atoms with E-state index in [0.29, 0.717) is 23.8 Å². The van der Waals surface area contributed by atoms with Crippen LogP contribution in [-0.4, -0.2) is 36.9 Å². The summed E-state index contributed by atoms with van der Waals surface area (Å²) in [7, 11) is 0. The molecule has 2 rings (SSSR count). The number of Topliss-reactive ketones (excluding diaryl/α,β-unsaturated/α-hetero) is 1. The topological polar surface area (TPSA) is 81.7 Å². The molecule has 1 aromatic carbocycles. The Labute approximate surface area is 160 Å². The number of carbonyl (C=O) groups excluding carboxylic acids is 3. The van der Waals surface area contributed by atoms with Gasteiger partial charge in [-0.05, 0) is 56.9 Å². The van der Waals surface area contributed by atoms with Crippen LogP contribution in [0, 0.1) is 5.92 Å². The first kappa shape index (κ1) is 20.9. The van der Waals surface area contributed by atoms with Crippen LogP contribution >= 0.6 is 0 Å². The third-order valence-electron chi connectivity index (χ3n) is 4.80. The van der Waals surface area contributed by atoms with E-state index in [0.717, 1.165) is 12.8 Å². The minimum absolute atomic E-state index is 0.0131. The summed E-state index contributed by atoms with van der Waals surface area (Å²) in [6.45, 7) is 3.88. The van der Waals surface area contributed by atoms with Gasteiger partial charge in [0.25, 0.3) is 5.91 Å². The summed E-state index contributed by atoms with van der Waals surface area (Å²) in [5, 5.41) is 2.88. The van der Waals surface area contributed by atoms with Crippen LogP contribution in [0.25, 0.3) is 0 Å². The van der Waals surface area contributed by atoms with Crippen LogP contribution in [0.4, 0.5) is 0 Å². The molecular formula is C21H29NO5. The molecule has 1 N–H and O–H groups in total. The van der Waals surface area contributed by atoms with E-state index < -0.39 is 12.1 Å². The van der Waals surface area contributed by atoms with Crippen molar-refractivity contribution in [2.75, 3.05) is 13.2 Å². The molecule has 0 radical (unpaired) electrons. The molecule has 0 saturated heterocycles. The number of carbonyl (C=O) groups is 3. The Hall–Kier alpha value is -2.37. The number of benzene rings is 1. The monoisotopic (exact) mass is 375 g/mol. The molecule has 27 heavy (non-hydrogen) atoms. The van der Waals surface area contributed by atoms with Gasteiger partial charge in [-0.3, -0.25) is 14.4 Å². The van der Waals surface area contributed by atoms with Crippen LogP contribution in [-0.2, 0) is 14.3 Å². The quantitative estimate of drug-likeness (QED) is 0.529. The first-order valence-electron chi connectivity index (χ1n) is 9.66. The second-order valence-corrected chi connectivity index (χ2v) is 7.06. The van der Waals surface area contributed by atoms with Crippen molar-refractivity contribution < 1.29 is 23.9 Å². The second-order valence-electron chi connectivity index (χ2n) is 7.06. The highest BCUT2D eigenvalue weighted by atomic mass is 16.5. The summed E-state index contributed by atoms with van der Waals surface area (Å²) in [5.74, 6) is 0.366. The van der Waals surface area contributed by atoms with Gasteiger partial charge in [0.05, 0.1) is 13.0 Å². The van der Waals surface area contributed by atoms with E-state index in [2.05, 4.69) is 5.32 Å². The molecule has 1 fully saturated rings. The molecule has 0 spiro atoms. The molecule has 1 atom stereocenters. The Morgan fingerprint density at radius 2 is 1.78 bits per heavy atom. The predicted octanol–water partition coefficient (Wildman–Crippen LogP) is 3.29. The molecule has 0 heterocycles. The number of amides is 1. The lowest BCUT2D eigenvalue weighted by Gasteiger charge is -2.22. The van der Waals surface area contributed by atoms with Crippen LogP contribution in [0.2, 0.25) is 0 Å². The smallest absolute Gasteiger partial charge is 0.310 e. The third-order valence-corrected chi connectivity index (χ3v) is 4.80. The Morgan fingerprint density at radius 3 is 2.41 bits per heavy atom. The molecule has 0 aromatic heterocycles. The fourth-order valence-corrected chi connectivity index (χ4v) is 3.13. The number of ether oxygens (including phenoxy) is 2. The van der Waals surface area contributed by atoms with Crippen molar-refractivity contribution in [1.29, 1.82) is 0 Å². The van der Waals surface area contributed by atoms with Gasteiger partial charge >= 0.3 is 5.97 Å². The zero-order chi connectivity index (χ0) is 19.6. The normalized spacial score (nSPS) is 15.6. The first-order valence-corrected chi connectivity index (χ1v) is 9.66. The fraction of sp³-hybridized carbons (Fsp3) is 0.571. The van der Waals surface area contributed by atoms with E-state index in [4.69, 9.17) is 9.47 Å². The molecule has 0 aliphatic heterocycles. The molecule has 1 aromatic rings. The second kappa shape index (κ2) is 10.7. The Kier molecular flexibility index (Phi) is 8.30. The number of rotatable bonds is 9. The van der Waals surface area contributed by atoms with Crippen molar-refractivity contribution in [2.24, 2.45) is 5.92 Å². The maximum Gasteiger partial charge on any atom is 0.310 e. The van der Waals surface area contributed by atoms with Crippen LogP contribution in [0.1, 0.15) is 62.7 Å². The lowest BCUT2D eigenvalue weighted by Crippen LogP contribution is -2.38. The number of esters is 1. The highest BCUT2D eigenvalue weighted by Crippen LogP contribution is 2.22. The van der Waals surface area contributed by atoms with Crippen molar-refractivity contribution in [2.45, 2.75) is 58.5 Å². The molecule has 1 saturated carbocycles. The van der Waals surface area contributed by atoms with Gasteiger partial charge in [-0.15, -0.1) is 0 Å². The van der Waals surface area contributed by atoms with Gasteiger partial charge in [0.1, 0.15) is 5.75 Å². The molecule has 0 bridgehead atoms. The Morgan fingerprint density at radius 1 is 1.11 bits per heavy atom. The van der Waals surface area contributed by atoms with Crippen molar-refractivity contribution >= 4 is 17.7 Å². The van der Waals surface area contributed by atoms with Gasteiger partial charge < -0.3 is 14.8 Å². The van der Waals surface area contributed by atoms with Crippen LogP contribution in [0.3, 0.4) is 0 Å². The highest BCUT2D eigenvalue weighted by Gasteiger charge is 2.20. The standard InChI is InChI=1S/C21H29NO5/c1-15(23)18-8-10-19(11-9-18)26-13-12-20(24)27-16(2)21(25)22-14-17-6-4-3-5-7-17/h8-11,16-17H,3-7,12-14H2,1-2H3,(H,22,25). The molecule has 1 aliphatic carbocycles. The number of hydrogen-bond donors (Lipinski definition) is 1. The van der Waals surface area contributed by atoms with Crippen molar-refractivity contribution in [3.05, 3.63) is 29.8 Å². The van der Waals surface area contributed by atoms with E-state index in [1.54, 1.807) is 31.2 Å². The average Bonchev–Trinajstić information content (AvgIpc) is 2.67. The van der Waals surface area contributed by atoms with Crippen molar-refractivity contribution in [1.82, 2.24) is 5.32 Å². The lowest BCUT2D eigenvalue weighted by molar-refractivity contribution is -0.155. The lowest BCUT2D eigenvalue weighted by atomic mass is 9.89. The fourth-order valence-electron chi connectivity index (χ4n) is 3.13. The SMILES string of the molecule is CC(=O)c1ccc(OCCC(=O)OC(C)C(=O)NCC2CCCCC2)cc1. The zero-order valence-corrected chi connectivity index (χ0v) is 16.2. The van der Waals surface area contributed by atoms with Gasteiger partial charge in [0, 0.05) is 12.1 Å². The minimum Gasteiger partial charge on any atom is -0.493 e. The predicted molar refractivity (Wildman–Crippen MR) is 102 cm³/mol. The van der Waals surface area contributed by atoms with E-state index in [9.17, 15) is 14.4 Å². The van der Waals surface area contributed by atoms with E-state index in [-0.39, 0.29) is 24.7 Å². The molecular weight excluding hydrogens is 346 g/mol. The summed E-state index contributed by atoms with van der Waals surface area (Å²) in [5.41, 5.74) is 0.606. The summed E-state index contributed by atoms with van der Waals surface area (Å²) >= 11 is 0. The summed E-state index contributed by atoms with van der Waals surface area (Å²) in [6, 6.07) is 6.72. The van der Waals surface area contributed by atoms with Gasteiger partial charge in [0.2, 0.25) is 0 Å². The maximum atomic E-state index is 12.1. The molecule has 6 nitrogen and oxygen atoms in total. The van der Waals surface area contributed by atoms with Crippen LogP contribution < -0.4 is 10.1 Å². The molecule has 6 heteroatoms. The number of ketones is 1. The average molecular weight is 375 g/mol. The number of nitrogens with one attached hydrogen (secondary N) is 1. The first-order chi connectivity index (χ1) is 13.0. The van der Waals surface area contributed by atoms with Gasteiger partial charge in [0.15, 0.2) is 11.9 Å². The van der Waals surface area contributed by atoms with Gasteiger partial charge in [-0.2, -0.15) is 0 Å². The van der Waals surface area contributed by atoms with Crippen LogP contribution in [0.5, 0.6) is 5.75 Å². The van der Waals surface area contributed by atoms with Crippen molar-refractivity contribution in [3.8, 4) is 5.75 Å². The zero-order valence-electron chi connectivity index (χ0n) is 16.2. The van der Waals surface area contributed by atoms with Gasteiger partial charge in [-0.25, -0.2) is 0 Å². The van der Waals surface area contributed by atoms with E-state index >= 15 is 0 Å². The summed E-state index contributed by atoms with van der Waals surface area (Å²) in [6.07, 6.45) is 5.27. The van der Waals surface area contributed by atoms with Gasteiger partial charge in [-0.1, -0.05) is 19.3 Å². The summed E-state index contributed by atoms with van der Waals surface area (Å²) in [4.78, 5) is 35.1. The van der Waals surface area contributed by atoms with Crippen LogP contribution in [0.15, 0.2) is 24.3 Å². The number of hydrogen-bond acceptors (Lipinski definition) is 5. The Bertz CT molecular complexity index is 634. The summed E-state index contributed by atoms with van der Waals surface area (Å²) < 4.78 is 10.6. The van der Waals surface area contributed by atoms with Crippen molar-refractivity contribution in [3.63, 3.8) is 0 Å². The molecule has 1 unspecified atom stereocenters. The molecule has 148 valence electrons. The third kappa shape index (κ3) is 7.41. The largest absolute Gasteiger partial charge is 0.493 e. The molecule has 1 aliphatic rings. The Balaban J connectivity index is 1.63. The maximum absolute atomic E-state index is 12.1. The molecule has 1 amide bonds. The minimum atomic E-state index is -0.809. The highest BCUT2D eigenvalue weighted by molar-refractivity contribution is 5.94. The van der Waals surface area contributed by atoms with E-state index in [1.807, 2.05) is 0 Å².